The van der Waals surface area contributed by atoms with Crippen molar-refractivity contribution in [3.05, 3.63) is 30.1 Å². The highest BCUT2D eigenvalue weighted by Gasteiger charge is 2.28. The lowest BCUT2D eigenvalue weighted by Gasteiger charge is -2.24. The maximum atomic E-state index is 11.7. The molecule has 1 aromatic heterocycles. The molecule has 0 radical (unpaired) electrons. The fourth-order valence-electron chi connectivity index (χ4n) is 1.27. The molecule has 0 saturated heterocycles. The van der Waals surface area contributed by atoms with Crippen LogP contribution >= 0.6 is 0 Å². The molecule has 0 spiro atoms. The van der Waals surface area contributed by atoms with Crippen molar-refractivity contribution < 1.29 is 14.6 Å². The number of esters is 1. The Morgan fingerprint density at radius 2 is 1.94 bits per heavy atom. The van der Waals surface area contributed by atoms with E-state index in [1.807, 2.05) is 0 Å². The summed E-state index contributed by atoms with van der Waals surface area (Å²) in [5, 5.41) is 9.90. The van der Waals surface area contributed by atoms with Crippen LogP contribution in [-0.4, -0.2) is 27.7 Å². The maximum Gasteiger partial charge on any atom is 0.326 e. The molecule has 0 amide bonds. The van der Waals surface area contributed by atoms with Gasteiger partial charge in [0.1, 0.15) is 17.7 Å². The van der Waals surface area contributed by atoms with E-state index in [-0.39, 0.29) is 0 Å². The van der Waals surface area contributed by atoms with Crippen molar-refractivity contribution in [1.82, 2.24) is 4.98 Å². The number of aliphatic hydroxyl groups is 1. The summed E-state index contributed by atoms with van der Waals surface area (Å²) in [6.45, 7) is 5.24. The number of hydrogen-bond acceptors (Lipinski definition) is 5. The van der Waals surface area contributed by atoms with Crippen molar-refractivity contribution in [2.45, 2.75) is 38.5 Å². The molecule has 17 heavy (non-hydrogen) atoms. The standard InChI is InChI=1S/C12H18N2O3/c1-12(2,3)17-11(16)9(13)10(15)8-4-6-14-7-5-8/h4-7,9-10,15H,13H2,1-3H3. The number of ether oxygens (including phenoxy) is 1. The second kappa shape index (κ2) is 5.25. The molecule has 1 heterocycles. The van der Waals surface area contributed by atoms with Crippen LogP contribution in [0.15, 0.2) is 24.5 Å². The van der Waals surface area contributed by atoms with Gasteiger partial charge in [0.2, 0.25) is 0 Å². The SMILES string of the molecule is CC(C)(C)OC(=O)C(N)C(O)c1ccncc1. The summed E-state index contributed by atoms with van der Waals surface area (Å²) in [5.41, 5.74) is 5.58. The zero-order valence-electron chi connectivity index (χ0n) is 10.3. The van der Waals surface area contributed by atoms with Gasteiger partial charge in [-0.3, -0.25) is 9.78 Å². The number of rotatable bonds is 3. The molecule has 3 N–H and O–H groups in total. The number of carbonyl (C=O) groups excluding carboxylic acids is 1. The summed E-state index contributed by atoms with van der Waals surface area (Å²) in [7, 11) is 0. The first-order chi connectivity index (χ1) is 7.81. The summed E-state index contributed by atoms with van der Waals surface area (Å²) in [5.74, 6) is -0.623. The van der Waals surface area contributed by atoms with Crippen LogP contribution < -0.4 is 5.73 Å². The molecule has 2 unspecified atom stereocenters. The molecule has 1 aromatic rings. The number of pyridine rings is 1. The molecule has 2 atom stereocenters. The molecule has 0 aliphatic carbocycles. The molecular weight excluding hydrogens is 220 g/mol. The molecule has 0 fully saturated rings. The highest BCUT2D eigenvalue weighted by atomic mass is 16.6. The maximum absolute atomic E-state index is 11.7. The monoisotopic (exact) mass is 238 g/mol. The zero-order chi connectivity index (χ0) is 13.1. The lowest BCUT2D eigenvalue weighted by atomic mass is 10.0. The average Bonchev–Trinajstić information content (AvgIpc) is 2.26. The van der Waals surface area contributed by atoms with E-state index < -0.39 is 23.7 Å². The summed E-state index contributed by atoms with van der Waals surface area (Å²) in [6, 6.07) is 2.11. The second-order valence-corrected chi connectivity index (χ2v) is 4.78. The normalized spacial score (nSPS) is 15.1. The topological polar surface area (TPSA) is 85.4 Å². The predicted molar refractivity (Wildman–Crippen MR) is 63.0 cm³/mol. The summed E-state index contributed by atoms with van der Waals surface area (Å²) < 4.78 is 5.10. The third-order valence-electron chi connectivity index (χ3n) is 2.07. The zero-order valence-corrected chi connectivity index (χ0v) is 10.3. The lowest BCUT2D eigenvalue weighted by molar-refractivity contribution is -0.159. The molecule has 0 aliphatic heterocycles. The Kier molecular flexibility index (Phi) is 4.20. The van der Waals surface area contributed by atoms with Crippen LogP contribution in [0.2, 0.25) is 0 Å². The average molecular weight is 238 g/mol. The van der Waals surface area contributed by atoms with Gasteiger partial charge in [0.05, 0.1) is 0 Å². The smallest absolute Gasteiger partial charge is 0.326 e. The van der Waals surface area contributed by atoms with Crippen molar-refractivity contribution in [3.63, 3.8) is 0 Å². The minimum atomic E-state index is -1.10. The van der Waals surface area contributed by atoms with Gasteiger partial charge in [-0.05, 0) is 38.5 Å². The van der Waals surface area contributed by atoms with Gasteiger partial charge < -0.3 is 15.6 Å². The summed E-state index contributed by atoms with van der Waals surface area (Å²) in [6.07, 6.45) is 1.97. The van der Waals surface area contributed by atoms with Crippen LogP contribution in [0.25, 0.3) is 0 Å². The van der Waals surface area contributed by atoms with Crippen LogP contribution in [0, 0.1) is 0 Å². The van der Waals surface area contributed by atoms with E-state index in [9.17, 15) is 9.90 Å². The Hall–Kier alpha value is -1.46. The molecule has 94 valence electrons. The van der Waals surface area contributed by atoms with Gasteiger partial charge in [-0.1, -0.05) is 0 Å². The van der Waals surface area contributed by atoms with Gasteiger partial charge in [-0.25, -0.2) is 0 Å². The molecule has 0 saturated carbocycles. The first-order valence-corrected chi connectivity index (χ1v) is 5.38. The quantitative estimate of drug-likeness (QED) is 0.760. The number of aliphatic hydroxyl groups excluding tert-OH is 1. The first-order valence-electron chi connectivity index (χ1n) is 5.38. The lowest BCUT2D eigenvalue weighted by Crippen LogP contribution is -2.41. The van der Waals surface area contributed by atoms with E-state index in [2.05, 4.69) is 4.98 Å². The summed E-state index contributed by atoms with van der Waals surface area (Å²) >= 11 is 0. The fraction of sp³-hybridized carbons (Fsp3) is 0.500. The second-order valence-electron chi connectivity index (χ2n) is 4.78. The van der Waals surface area contributed by atoms with Crippen molar-refractivity contribution in [3.8, 4) is 0 Å². The number of hydrogen-bond donors (Lipinski definition) is 2. The molecule has 0 bridgehead atoms. The largest absolute Gasteiger partial charge is 0.459 e. The predicted octanol–water partition coefficient (Wildman–Crippen LogP) is 0.784. The minimum absolute atomic E-state index is 0.540. The molecule has 5 heteroatoms. The number of nitrogens with two attached hydrogens (primary N) is 1. The van der Waals surface area contributed by atoms with Gasteiger partial charge in [0.15, 0.2) is 0 Å². The van der Waals surface area contributed by atoms with Gasteiger partial charge in [0, 0.05) is 12.4 Å². The Labute approximate surface area is 101 Å². The van der Waals surface area contributed by atoms with Crippen LogP contribution in [0.4, 0.5) is 0 Å². The Morgan fingerprint density at radius 1 is 1.41 bits per heavy atom. The third kappa shape index (κ3) is 4.13. The van der Waals surface area contributed by atoms with E-state index in [0.29, 0.717) is 5.56 Å². The minimum Gasteiger partial charge on any atom is -0.459 e. The van der Waals surface area contributed by atoms with Gasteiger partial charge in [-0.15, -0.1) is 0 Å². The van der Waals surface area contributed by atoms with E-state index in [1.54, 1.807) is 32.9 Å². The molecule has 5 nitrogen and oxygen atoms in total. The van der Waals surface area contributed by atoms with Crippen LogP contribution in [0.5, 0.6) is 0 Å². The van der Waals surface area contributed by atoms with Crippen molar-refractivity contribution in [1.29, 1.82) is 0 Å². The Morgan fingerprint density at radius 3 is 2.41 bits per heavy atom. The van der Waals surface area contributed by atoms with Gasteiger partial charge in [-0.2, -0.15) is 0 Å². The Bertz CT molecular complexity index is 373. The molecule has 0 aliphatic rings. The van der Waals surface area contributed by atoms with E-state index in [1.165, 1.54) is 12.4 Å². The fourth-order valence-corrected chi connectivity index (χ4v) is 1.27. The van der Waals surface area contributed by atoms with Crippen molar-refractivity contribution in [2.24, 2.45) is 5.73 Å². The van der Waals surface area contributed by atoms with E-state index in [0.717, 1.165) is 0 Å². The number of carbonyl (C=O) groups is 1. The third-order valence-corrected chi connectivity index (χ3v) is 2.07. The highest BCUT2D eigenvalue weighted by Crippen LogP contribution is 2.17. The highest BCUT2D eigenvalue weighted by molar-refractivity contribution is 5.76. The molecular formula is C12H18N2O3. The summed E-state index contributed by atoms with van der Waals surface area (Å²) in [4.78, 5) is 15.5. The number of nitrogens with zero attached hydrogens (tertiary/aromatic N) is 1. The van der Waals surface area contributed by atoms with Gasteiger partial charge in [0.25, 0.3) is 0 Å². The van der Waals surface area contributed by atoms with Gasteiger partial charge >= 0.3 is 5.97 Å². The van der Waals surface area contributed by atoms with Crippen molar-refractivity contribution >= 4 is 5.97 Å². The van der Waals surface area contributed by atoms with Crippen LogP contribution in [0.1, 0.15) is 32.4 Å². The van der Waals surface area contributed by atoms with Crippen LogP contribution in [-0.2, 0) is 9.53 Å². The Balaban J connectivity index is 2.70. The number of aromatic nitrogens is 1. The van der Waals surface area contributed by atoms with Crippen molar-refractivity contribution in [2.75, 3.05) is 0 Å². The first kappa shape index (κ1) is 13.6. The van der Waals surface area contributed by atoms with Crippen LogP contribution in [0.3, 0.4) is 0 Å². The molecule has 0 aromatic carbocycles. The molecule has 1 rings (SSSR count). The van der Waals surface area contributed by atoms with E-state index in [4.69, 9.17) is 10.5 Å². The van der Waals surface area contributed by atoms with E-state index >= 15 is 0 Å².